The summed E-state index contributed by atoms with van der Waals surface area (Å²) in [6.45, 7) is 2.31. The number of aliphatic carboxylic acids is 1. The number of para-hydroxylation sites is 1. The zero-order valence-corrected chi connectivity index (χ0v) is 10.3. The summed E-state index contributed by atoms with van der Waals surface area (Å²) in [5.41, 5.74) is 1.84. The van der Waals surface area contributed by atoms with Gasteiger partial charge in [-0.2, -0.15) is 0 Å². The average Bonchev–Trinajstić information content (AvgIpc) is 2.39. The van der Waals surface area contributed by atoms with E-state index in [1.165, 1.54) is 0 Å². The molecule has 18 heavy (non-hydrogen) atoms. The maximum atomic E-state index is 11.0. The van der Waals surface area contributed by atoms with E-state index in [-0.39, 0.29) is 5.92 Å². The van der Waals surface area contributed by atoms with Crippen LogP contribution in [-0.2, 0) is 4.79 Å². The minimum atomic E-state index is -0.761. The second-order valence-electron chi connectivity index (χ2n) is 4.20. The Morgan fingerprint density at radius 3 is 2.89 bits per heavy atom. The summed E-state index contributed by atoms with van der Waals surface area (Å²) >= 11 is 0. The Morgan fingerprint density at radius 1 is 1.39 bits per heavy atom. The van der Waals surface area contributed by atoms with Crippen molar-refractivity contribution in [2.45, 2.75) is 13.3 Å². The topological polar surface area (TPSA) is 62.2 Å². The lowest BCUT2D eigenvalue weighted by Crippen LogP contribution is -2.22. The number of aromatic nitrogens is 1. The molecule has 0 aliphatic rings. The van der Waals surface area contributed by atoms with Crippen molar-refractivity contribution >= 4 is 22.6 Å². The van der Waals surface area contributed by atoms with E-state index in [2.05, 4.69) is 10.3 Å². The molecule has 0 radical (unpaired) electrons. The molecule has 1 aromatic heterocycles. The van der Waals surface area contributed by atoms with Crippen LogP contribution in [0.25, 0.3) is 10.9 Å². The van der Waals surface area contributed by atoms with E-state index < -0.39 is 5.97 Å². The van der Waals surface area contributed by atoms with Gasteiger partial charge in [0.1, 0.15) is 0 Å². The number of benzene rings is 1. The van der Waals surface area contributed by atoms with Crippen LogP contribution in [0.5, 0.6) is 0 Å². The van der Waals surface area contributed by atoms with Gasteiger partial charge >= 0.3 is 5.97 Å². The number of pyridine rings is 1. The Morgan fingerprint density at radius 2 is 2.17 bits per heavy atom. The number of hydrogen-bond donors (Lipinski definition) is 2. The van der Waals surface area contributed by atoms with Gasteiger partial charge < -0.3 is 10.4 Å². The summed E-state index contributed by atoms with van der Waals surface area (Å²) in [6.07, 6.45) is 2.34. The van der Waals surface area contributed by atoms with Crippen molar-refractivity contribution in [1.82, 2.24) is 4.98 Å². The van der Waals surface area contributed by atoms with Crippen molar-refractivity contribution in [3.63, 3.8) is 0 Å². The number of carboxylic acid groups (broad SMARTS) is 1. The van der Waals surface area contributed by atoms with E-state index in [4.69, 9.17) is 5.11 Å². The van der Waals surface area contributed by atoms with Crippen molar-refractivity contribution in [2.75, 3.05) is 11.9 Å². The summed E-state index contributed by atoms with van der Waals surface area (Å²) < 4.78 is 0. The standard InChI is InChI=1S/C14H16N2O2/c1-2-10(14(17)18)9-16-13-7-8-15-12-6-4-3-5-11(12)13/h3-8,10H,2,9H2,1H3,(H,15,16)(H,17,18). The quantitative estimate of drug-likeness (QED) is 0.849. The highest BCUT2D eigenvalue weighted by Gasteiger charge is 2.14. The number of nitrogens with one attached hydrogen (secondary N) is 1. The van der Waals surface area contributed by atoms with Crippen LogP contribution in [0.3, 0.4) is 0 Å². The molecule has 2 rings (SSSR count). The third kappa shape index (κ3) is 2.59. The van der Waals surface area contributed by atoms with Gasteiger partial charge in [-0.25, -0.2) is 0 Å². The summed E-state index contributed by atoms with van der Waals surface area (Å²) in [4.78, 5) is 15.2. The highest BCUT2D eigenvalue weighted by molar-refractivity contribution is 5.91. The van der Waals surface area contributed by atoms with E-state index in [1.807, 2.05) is 37.3 Å². The van der Waals surface area contributed by atoms with Crippen molar-refractivity contribution in [1.29, 1.82) is 0 Å². The highest BCUT2D eigenvalue weighted by atomic mass is 16.4. The second-order valence-corrected chi connectivity index (χ2v) is 4.20. The smallest absolute Gasteiger partial charge is 0.308 e. The Labute approximate surface area is 106 Å². The minimum Gasteiger partial charge on any atom is -0.481 e. The SMILES string of the molecule is CCC(CNc1ccnc2ccccc12)C(=O)O. The molecule has 0 amide bonds. The van der Waals surface area contributed by atoms with Gasteiger partial charge in [-0.1, -0.05) is 25.1 Å². The highest BCUT2D eigenvalue weighted by Crippen LogP contribution is 2.21. The van der Waals surface area contributed by atoms with Crippen molar-refractivity contribution in [3.8, 4) is 0 Å². The zero-order chi connectivity index (χ0) is 13.0. The first-order valence-corrected chi connectivity index (χ1v) is 6.02. The van der Waals surface area contributed by atoms with E-state index in [9.17, 15) is 4.79 Å². The third-order valence-corrected chi connectivity index (χ3v) is 3.03. The van der Waals surface area contributed by atoms with Crippen LogP contribution in [0, 0.1) is 5.92 Å². The van der Waals surface area contributed by atoms with Crippen molar-refractivity contribution in [2.24, 2.45) is 5.92 Å². The van der Waals surface area contributed by atoms with Gasteiger partial charge in [-0.3, -0.25) is 9.78 Å². The predicted molar refractivity (Wildman–Crippen MR) is 71.6 cm³/mol. The number of carbonyl (C=O) groups is 1. The first-order valence-electron chi connectivity index (χ1n) is 6.02. The van der Waals surface area contributed by atoms with Gasteiger partial charge in [-0.15, -0.1) is 0 Å². The predicted octanol–water partition coefficient (Wildman–Crippen LogP) is 2.76. The molecule has 0 spiro atoms. The maximum Gasteiger partial charge on any atom is 0.308 e. The molecule has 4 heteroatoms. The van der Waals surface area contributed by atoms with Gasteiger partial charge in [0.05, 0.1) is 11.4 Å². The normalized spacial score (nSPS) is 12.3. The van der Waals surface area contributed by atoms with Crippen LogP contribution in [0.4, 0.5) is 5.69 Å². The van der Waals surface area contributed by atoms with E-state index in [1.54, 1.807) is 6.20 Å². The fraction of sp³-hybridized carbons (Fsp3) is 0.286. The van der Waals surface area contributed by atoms with Gasteiger partial charge in [0, 0.05) is 23.8 Å². The summed E-state index contributed by atoms with van der Waals surface area (Å²) in [7, 11) is 0. The molecular formula is C14H16N2O2. The number of nitrogens with zero attached hydrogens (tertiary/aromatic N) is 1. The van der Waals surface area contributed by atoms with Crippen LogP contribution in [0.1, 0.15) is 13.3 Å². The molecule has 0 bridgehead atoms. The van der Waals surface area contributed by atoms with Crippen LogP contribution >= 0.6 is 0 Å². The molecule has 94 valence electrons. The molecular weight excluding hydrogens is 228 g/mol. The number of carboxylic acids is 1. The van der Waals surface area contributed by atoms with E-state index in [0.29, 0.717) is 13.0 Å². The first kappa shape index (κ1) is 12.4. The van der Waals surface area contributed by atoms with Crippen LogP contribution in [0.15, 0.2) is 36.5 Å². The molecule has 4 nitrogen and oxygen atoms in total. The van der Waals surface area contributed by atoms with Crippen LogP contribution < -0.4 is 5.32 Å². The van der Waals surface area contributed by atoms with Gasteiger partial charge in [0.25, 0.3) is 0 Å². The third-order valence-electron chi connectivity index (χ3n) is 3.03. The zero-order valence-electron chi connectivity index (χ0n) is 10.3. The first-order chi connectivity index (χ1) is 8.72. The fourth-order valence-corrected chi connectivity index (χ4v) is 1.89. The molecule has 1 heterocycles. The number of rotatable bonds is 5. The van der Waals surface area contributed by atoms with E-state index >= 15 is 0 Å². The average molecular weight is 244 g/mol. The lowest BCUT2D eigenvalue weighted by atomic mass is 10.1. The lowest BCUT2D eigenvalue weighted by molar-refractivity contribution is -0.141. The molecule has 0 fully saturated rings. The number of anilines is 1. The summed E-state index contributed by atoms with van der Waals surface area (Å²) in [5, 5.41) is 13.2. The van der Waals surface area contributed by atoms with Gasteiger partial charge in [0.15, 0.2) is 0 Å². The largest absolute Gasteiger partial charge is 0.481 e. The summed E-state index contributed by atoms with van der Waals surface area (Å²) in [6, 6.07) is 9.67. The molecule has 0 saturated carbocycles. The van der Waals surface area contributed by atoms with Crippen LogP contribution in [-0.4, -0.2) is 22.6 Å². The number of fused-ring (bicyclic) bond motifs is 1. The summed E-state index contributed by atoms with van der Waals surface area (Å²) in [5.74, 6) is -1.12. The molecule has 1 unspecified atom stereocenters. The maximum absolute atomic E-state index is 11.0. The van der Waals surface area contributed by atoms with Crippen molar-refractivity contribution < 1.29 is 9.90 Å². The Hall–Kier alpha value is -2.10. The molecule has 1 atom stereocenters. The second kappa shape index (κ2) is 5.49. The number of hydrogen-bond acceptors (Lipinski definition) is 3. The van der Waals surface area contributed by atoms with Crippen LogP contribution in [0.2, 0.25) is 0 Å². The molecule has 2 N–H and O–H groups in total. The molecule has 2 aromatic rings. The van der Waals surface area contributed by atoms with Crippen molar-refractivity contribution in [3.05, 3.63) is 36.5 Å². The van der Waals surface area contributed by atoms with E-state index in [0.717, 1.165) is 16.6 Å². The lowest BCUT2D eigenvalue weighted by Gasteiger charge is -2.13. The van der Waals surface area contributed by atoms with Gasteiger partial charge in [-0.05, 0) is 18.6 Å². The Balaban J connectivity index is 2.19. The Kier molecular flexibility index (Phi) is 3.77. The Bertz CT molecular complexity index is 549. The molecule has 1 aromatic carbocycles. The minimum absolute atomic E-state index is 0.364. The molecule has 0 saturated heterocycles. The fourth-order valence-electron chi connectivity index (χ4n) is 1.89. The monoisotopic (exact) mass is 244 g/mol. The molecule has 0 aliphatic carbocycles. The van der Waals surface area contributed by atoms with Gasteiger partial charge in [0.2, 0.25) is 0 Å². The molecule has 0 aliphatic heterocycles.